The van der Waals surface area contributed by atoms with Crippen LogP contribution in [0.3, 0.4) is 0 Å². The maximum Gasteiger partial charge on any atom is 0.275 e. The van der Waals surface area contributed by atoms with E-state index < -0.39 is 4.92 Å². The van der Waals surface area contributed by atoms with Crippen LogP contribution in [0, 0.1) is 16.0 Å². The fourth-order valence-electron chi connectivity index (χ4n) is 2.00. The van der Waals surface area contributed by atoms with Crippen LogP contribution in [0.2, 0.25) is 0 Å². The van der Waals surface area contributed by atoms with Gasteiger partial charge in [0, 0.05) is 24.4 Å². The number of ether oxygens (including phenoxy) is 1. The summed E-state index contributed by atoms with van der Waals surface area (Å²) in [4.78, 5) is 10.4. The van der Waals surface area contributed by atoms with Crippen molar-refractivity contribution in [3.63, 3.8) is 0 Å². The molecular weight excluding hydrogens is 232 g/mol. The Morgan fingerprint density at radius 2 is 2.22 bits per heavy atom. The zero-order chi connectivity index (χ0) is 13.0. The molecule has 98 valence electrons. The van der Waals surface area contributed by atoms with Gasteiger partial charge in [-0.25, -0.2) is 0 Å². The van der Waals surface area contributed by atoms with Crippen molar-refractivity contribution in [3.8, 4) is 5.75 Å². The van der Waals surface area contributed by atoms with E-state index in [0.717, 1.165) is 12.2 Å². The van der Waals surface area contributed by atoms with Crippen molar-refractivity contribution in [2.24, 2.45) is 5.92 Å². The topological polar surface area (TPSA) is 64.4 Å². The average Bonchev–Trinajstić information content (AvgIpc) is 2.27. The highest BCUT2D eigenvalue weighted by atomic mass is 16.6. The van der Waals surface area contributed by atoms with Gasteiger partial charge in [-0.1, -0.05) is 6.42 Å². The second kappa shape index (κ2) is 5.71. The van der Waals surface area contributed by atoms with Crippen LogP contribution in [0.5, 0.6) is 5.75 Å². The molecule has 0 atom stereocenters. The average molecular weight is 250 g/mol. The van der Waals surface area contributed by atoms with E-state index in [1.807, 2.05) is 13.0 Å². The van der Waals surface area contributed by atoms with Gasteiger partial charge in [-0.2, -0.15) is 0 Å². The lowest BCUT2D eigenvalue weighted by atomic mass is 9.85. The van der Waals surface area contributed by atoms with E-state index in [0.29, 0.717) is 18.3 Å². The van der Waals surface area contributed by atoms with Crippen LogP contribution in [0.15, 0.2) is 18.2 Å². The van der Waals surface area contributed by atoms with E-state index in [4.69, 9.17) is 4.74 Å². The van der Waals surface area contributed by atoms with Crippen molar-refractivity contribution in [1.82, 2.24) is 0 Å². The summed E-state index contributed by atoms with van der Waals surface area (Å²) >= 11 is 0. The Hall–Kier alpha value is -1.78. The maximum absolute atomic E-state index is 10.8. The predicted molar refractivity (Wildman–Crippen MR) is 70.1 cm³/mol. The number of nitro groups is 1. The Kier molecular flexibility index (Phi) is 4.02. The number of non-ortho nitro benzene ring substituents is 1. The van der Waals surface area contributed by atoms with E-state index in [2.05, 4.69) is 5.32 Å². The summed E-state index contributed by atoms with van der Waals surface area (Å²) in [5, 5.41) is 14.1. The summed E-state index contributed by atoms with van der Waals surface area (Å²) < 4.78 is 5.34. The first-order chi connectivity index (χ1) is 8.69. The number of benzene rings is 1. The summed E-state index contributed by atoms with van der Waals surface area (Å²) in [6.07, 6.45) is 3.80. The van der Waals surface area contributed by atoms with Gasteiger partial charge in [0.15, 0.2) is 0 Å². The molecule has 0 spiro atoms. The van der Waals surface area contributed by atoms with Gasteiger partial charge in [0.1, 0.15) is 5.75 Å². The molecule has 0 unspecified atom stereocenters. The van der Waals surface area contributed by atoms with Crippen molar-refractivity contribution in [1.29, 1.82) is 0 Å². The Bertz CT molecular complexity index is 430. The van der Waals surface area contributed by atoms with Gasteiger partial charge >= 0.3 is 0 Å². The Morgan fingerprint density at radius 3 is 2.78 bits per heavy atom. The van der Waals surface area contributed by atoms with Crippen molar-refractivity contribution >= 4 is 11.4 Å². The monoisotopic (exact) mass is 250 g/mol. The number of nitrogens with zero attached hydrogens (tertiary/aromatic N) is 1. The smallest absolute Gasteiger partial charge is 0.275 e. The molecule has 0 bridgehead atoms. The lowest BCUT2D eigenvalue weighted by Gasteiger charge is -2.25. The number of rotatable bonds is 6. The first-order valence-electron chi connectivity index (χ1n) is 6.35. The molecule has 2 rings (SSSR count). The van der Waals surface area contributed by atoms with Crippen LogP contribution >= 0.6 is 0 Å². The zero-order valence-corrected chi connectivity index (χ0v) is 10.5. The summed E-state index contributed by atoms with van der Waals surface area (Å²) in [6, 6.07) is 4.83. The summed E-state index contributed by atoms with van der Waals surface area (Å²) in [5.74, 6) is 1.25. The molecule has 0 heterocycles. The first-order valence-corrected chi connectivity index (χ1v) is 6.35. The second-order valence-electron chi connectivity index (χ2n) is 4.58. The molecule has 1 saturated carbocycles. The molecule has 1 aromatic carbocycles. The maximum atomic E-state index is 10.8. The van der Waals surface area contributed by atoms with Crippen LogP contribution in [-0.4, -0.2) is 18.1 Å². The second-order valence-corrected chi connectivity index (χ2v) is 4.58. The van der Waals surface area contributed by atoms with Gasteiger partial charge in [-0.05, 0) is 25.7 Å². The minimum absolute atomic E-state index is 0.0667. The molecule has 18 heavy (non-hydrogen) atoms. The fourth-order valence-corrected chi connectivity index (χ4v) is 2.00. The van der Waals surface area contributed by atoms with Crippen molar-refractivity contribution in [2.75, 3.05) is 18.5 Å². The lowest BCUT2D eigenvalue weighted by Crippen LogP contribution is -2.20. The van der Waals surface area contributed by atoms with Crippen LogP contribution in [-0.2, 0) is 0 Å². The predicted octanol–water partition coefficient (Wildman–Crippen LogP) is 3.21. The van der Waals surface area contributed by atoms with Gasteiger partial charge in [-0.3, -0.25) is 10.1 Å². The molecule has 5 nitrogen and oxygen atoms in total. The molecule has 1 N–H and O–H groups in total. The standard InChI is InChI=1S/C13H18N2O3/c1-2-18-13-7-11(6-12(8-13)15(16)17)14-9-10-4-3-5-10/h6-8,10,14H,2-5,9H2,1H3. The van der Waals surface area contributed by atoms with Crippen molar-refractivity contribution < 1.29 is 9.66 Å². The number of hydrogen-bond acceptors (Lipinski definition) is 4. The summed E-state index contributed by atoms with van der Waals surface area (Å²) in [6.45, 7) is 3.25. The minimum atomic E-state index is -0.392. The largest absolute Gasteiger partial charge is 0.494 e. The SMILES string of the molecule is CCOc1cc(NCC2CCC2)cc([N+](=O)[O-])c1. The molecule has 1 fully saturated rings. The highest BCUT2D eigenvalue weighted by molar-refractivity contribution is 5.56. The third kappa shape index (κ3) is 3.12. The normalized spacial score (nSPS) is 14.9. The quantitative estimate of drug-likeness (QED) is 0.622. The molecule has 1 aromatic rings. The van der Waals surface area contributed by atoms with Crippen LogP contribution in [0.1, 0.15) is 26.2 Å². The molecule has 1 aliphatic rings. The zero-order valence-electron chi connectivity index (χ0n) is 10.5. The van der Waals surface area contributed by atoms with Crippen molar-refractivity contribution in [2.45, 2.75) is 26.2 Å². The van der Waals surface area contributed by atoms with Gasteiger partial charge in [0.25, 0.3) is 5.69 Å². The van der Waals surface area contributed by atoms with E-state index in [1.165, 1.54) is 25.3 Å². The highest BCUT2D eigenvalue weighted by Gasteiger charge is 2.17. The molecule has 0 aliphatic heterocycles. The van der Waals surface area contributed by atoms with Crippen molar-refractivity contribution in [3.05, 3.63) is 28.3 Å². The van der Waals surface area contributed by atoms with Gasteiger partial charge in [0.2, 0.25) is 0 Å². The van der Waals surface area contributed by atoms with Gasteiger partial charge in [-0.15, -0.1) is 0 Å². The highest BCUT2D eigenvalue weighted by Crippen LogP contribution is 2.29. The van der Waals surface area contributed by atoms with E-state index >= 15 is 0 Å². The van der Waals surface area contributed by atoms with E-state index in [1.54, 1.807) is 6.07 Å². The van der Waals surface area contributed by atoms with E-state index in [9.17, 15) is 10.1 Å². The minimum Gasteiger partial charge on any atom is -0.494 e. The number of hydrogen-bond donors (Lipinski definition) is 1. The first kappa shape index (κ1) is 12.7. The molecule has 0 amide bonds. The van der Waals surface area contributed by atoms with Crippen LogP contribution in [0.25, 0.3) is 0 Å². The molecule has 0 saturated heterocycles. The van der Waals surface area contributed by atoms with Gasteiger partial charge in [0.05, 0.1) is 17.6 Å². The third-order valence-corrected chi connectivity index (χ3v) is 3.23. The number of anilines is 1. The molecule has 1 aliphatic carbocycles. The molecule has 5 heteroatoms. The number of nitro benzene ring substituents is 1. The third-order valence-electron chi connectivity index (χ3n) is 3.23. The fraction of sp³-hybridized carbons (Fsp3) is 0.538. The van der Waals surface area contributed by atoms with Crippen LogP contribution in [0.4, 0.5) is 11.4 Å². The Morgan fingerprint density at radius 1 is 1.44 bits per heavy atom. The molecule has 0 radical (unpaired) electrons. The number of nitrogens with one attached hydrogen (secondary N) is 1. The summed E-state index contributed by atoms with van der Waals surface area (Å²) in [7, 11) is 0. The van der Waals surface area contributed by atoms with Crippen LogP contribution < -0.4 is 10.1 Å². The van der Waals surface area contributed by atoms with Gasteiger partial charge < -0.3 is 10.1 Å². The molecule has 0 aromatic heterocycles. The lowest BCUT2D eigenvalue weighted by molar-refractivity contribution is -0.384. The Balaban J connectivity index is 2.08. The summed E-state index contributed by atoms with van der Waals surface area (Å²) in [5.41, 5.74) is 0.830. The molecular formula is C13H18N2O3. The Labute approximate surface area is 106 Å². The van der Waals surface area contributed by atoms with E-state index in [-0.39, 0.29) is 5.69 Å².